The van der Waals surface area contributed by atoms with Crippen LogP contribution in [-0.4, -0.2) is 42.2 Å². The molecule has 0 spiro atoms. The van der Waals surface area contributed by atoms with Gasteiger partial charge in [0.2, 0.25) is 0 Å². The molecule has 4 rings (SSSR count). The van der Waals surface area contributed by atoms with Gasteiger partial charge in [0, 0.05) is 24.2 Å². The number of amides is 1. The summed E-state index contributed by atoms with van der Waals surface area (Å²) in [6.07, 6.45) is 1.87. The summed E-state index contributed by atoms with van der Waals surface area (Å²) in [5.41, 5.74) is 2.75. The lowest BCUT2D eigenvalue weighted by atomic mass is 10.1. The zero-order chi connectivity index (χ0) is 21.1. The Hall–Kier alpha value is -3.12. The molecule has 3 aromatic rings. The van der Waals surface area contributed by atoms with Crippen LogP contribution in [0.5, 0.6) is 5.75 Å². The van der Waals surface area contributed by atoms with Crippen LogP contribution >= 0.6 is 0 Å². The highest BCUT2D eigenvalue weighted by atomic mass is 16.5. The molecular formula is C24H26N2O4. The van der Waals surface area contributed by atoms with Crippen molar-refractivity contribution in [1.29, 1.82) is 0 Å². The average Bonchev–Trinajstić information content (AvgIpc) is 3.26. The predicted octanol–water partition coefficient (Wildman–Crippen LogP) is 3.67. The standard InChI is InChI=1S/C24H26N2O4/c1-16-9-10-21-17(12-16)13-18(23(27)25-21)14-26(15-19-6-5-11-30-19)24(28)20-7-3-4-8-22(20)29-2/h3-4,7-10,12-13,19H,5-6,11,14-15H2,1-2H3,(H,25,27)/t19-/m0/s1. The lowest BCUT2D eigenvalue weighted by Gasteiger charge is -2.26. The summed E-state index contributed by atoms with van der Waals surface area (Å²) >= 11 is 0. The molecule has 6 nitrogen and oxygen atoms in total. The molecule has 0 unspecified atom stereocenters. The van der Waals surface area contributed by atoms with Crippen molar-refractivity contribution in [2.24, 2.45) is 0 Å². The molecule has 0 saturated carbocycles. The molecule has 0 aliphatic carbocycles. The molecule has 1 aromatic heterocycles. The lowest BCUT2D eigenvalue weighted by Crippen LogP contribution is -2.38. The minimum absolute atomic E-state index is 0.0227. The third kappa shape index (κ3) is 4.24. The van der Waals surface area contributed by atoms with Crippen molar-refractivity contribution in [3.8, 4) is 5.75 Å². The Morgan fingerprint density at radius 3 is 2.83 bits per heavy atom. The number of H-pyrrole nitrogens is 1. The molecule has 0 bridgehead atoms. The fourth-order valence-electron chi connectivity index (χ4n) is 3.94. The highest BCUT2D eigenvalue weighted by molar-refractivity contribution is 5.97. The lowest BCUT2D eigenvalue weighted by molar-refractivity contribution is 0.0504. The van der Waals surface area contributed by atoms with Crippen molar-refractivity contribution in [2.45, 2.75) is 32.4 Å². The number of aryl methyl sites for hydroxylation is 1. The van der Waals surface area contributed by atoms with E-state index in [2.05, 4.69) is 4.98 Å². The molecular weight excluding hydrogens is 380 g/mol. The van der Waals surface area contributed by atoms with E-state index in [9.17, 15) is 9.59 Å². The number of ether oxygens (including phenoxy) is 2. The number of nitrogens with one attached hydrogen (secondary N) is 1. The minimum Gasteiger partial charge on any atom is -0.496 e. The molecule has 30 heavy (non-hydrogen) atoms. The van der Waals surface area contributed by atoms with Crippen LogP contribution < -0.4 is 10.3 Å². The van der Waals surface area contributed by atoms with Gasteiger partial charge >= 0.3 is 0 Å². The average molecular weight is 406 g/mol. The van der Waals surface area contributed by atoms with E-state index in [1.807, 2.05) is 43.3 Å². The van der Waals surface area contributed by atoms with Crippen LogP contribution in [0.3, 0.4) is 0 Å². The summed E-state index contributed by atoms with van der Waals surface area (Å²) in [6, 6.07) is 14.9. The van der Waals surface area contributed by atoms with E-state index in [1.54, 1.807) is 24.1 Å². The van der Waals surface area contributed by atoms with Gasteiger partial charge in [-0.3, -0.25) is 9.59 Å². The van der Waals surface area contributed by atoms with Gasteiger partial charge in [-0.1, -0.05) is 23.8 Å². The Morgan fingerprint density at radius 1 is 1.23 bits per heavy atom. The van der Waals surface area contributed by atoms with E-state index in [1.165, 1.54) is 0 Å². The maximum absolute atomic E-state index is 13.4. The van der Waals surface area contributed by atoms with Crippen molar-refractivity contribution in [3.63, 3.8) is 0 Å². The van der Waals surface area contributed by atoms with Crippen LogP contribution in [0, 0.1) is 6.92 Å². The second kappa shape index (κ2) is 8.71. The summed E-state index contributed by atoms with van der Waals surface area (Å²) in [7, 11) is 1.55. The highest BCUT2D eigenvalue weighted by Gasteiger charge is 2.26. The number of aromatic amines is 1. The molecule has 1 aliphatic heterocycles. The number of carbonyl (C=O) groups is 1. The molecule has 1 aliphatic rings. The minimum atomic E-state index is -0.184. The van der Waals surface area contributed by atoms with E-state index in [-0.39, 0.29) is 24.1 Å². The largest absolute Gasteiger partial charge is 0.496 e. The molecule has 2 heterocycles. The molecule has 1 N–H and O–H groups in total. The monoisotopic (exact) mass is 406 g/mol. The van der Waals surface area contributed by atoms with Gasteiger partial charge in [0.25, 0.3) is 11.5 Å². The van der Waals surface area contributed by atoms with Gasteiger partial charge in [0.05, 0.1) is 25.3 Å². The first-order chi connectivity index (χ1) is 14.5. The number of hydrogen-bond donors (Lipinski definition) is 1. The molecule has 1 saturated heterocycles. The third-order valence-electron chi connectivity index (χ3n) is 5.51. The quantitative estimate of drug-likeness (QED) is 0.678. The summed E-state index contributed by atoms with van der Waals surface area (Å²) in [6.45, 7) is 3.36. The van der Waals surface area contributed by atoms with Crippen LogP contribution in [0.25, 0.3) is 10.9 Å². The second-order valence-corrected chi connectivity index (χ2v) is 7.74. The normalized spacial score (nSPS) is 16.0. The first-order valence-corrected chi connectivity index (χ1v) is 10.2. The maximum atomic E-state index is 13.4. The predicted molar refractivity (Wildman–Crippen MR) is 116 cm³/mol. The molecule has 156 valence electrons. The maximum Gasteiger partial charge on any atom is 0.258 e. The first kappa shape index (κ1) is 20.2. The van der Waals surface area contributed by atoms with Crippen molar-refractivity contribution >= 4 is 16.8 Å². The number of aromatic nitrogens is 1. The van der Waals surface area contributed by atoms with Gasteiger partial charge in [0.15, 0.2) is 0 Å². The zero-order valence-electron chi connectivity index (χ0n) is 17.3. The Morgan fingerprint density at radius 2 is 2.07 bits per heavy atom. The number of para-hydroxylation sites is 1. The van der Waals surface area contributed by atoms with E-state index in [0.29, 0.717) is 30.0 Å². The Kier molecular flexibility index (Phi) is 5.86. The number of fused-ring (bicyclic) bond motifs is 1. The summed E-state index contributed by atoms with van der Waals surface area (Å²) < 4.78 is 11.2. The molecule has 2 aromatic carbocycles. The van der Waals surface area contributed by atoms with Crippen molar-refractivity contribution in [2.75, 3.05) is 20.3 Å². The van der Waals surface area contributed by atoms with Gasteiger partial charge in [-0.2, -0.15) is 0 Å². The first-order valence-electron chi connectivity index (χ1n) is 10.2. The number of methoxy groups -OCH3 is 1. The Labute approximate surface area is 175 Å². The number of carbonyl (C=O) groups excluding carboxylic acids is 1. The van der Waals surface area contributed by atoms with Gasteiger partial charge in [-0.25, -0.2) is 0 Å². The van der Waals surface area contributed by atoms with Crippen molar-refractivity contribution in [3.05, 3.63) is 75.6 Å². The molecule has 0 radical (unpaired) electrons. The number of benzene rings is 2. The smallest absolute Gasteiger partial charge is 0.258 e. The zero-order valence-corrected chi connectivity index (χ0v) is 17.3. The fourth-order valence-corrected chi connectivity index (χ4v) is 3.94. The number of pyridine rings is 1. The van der Waals surface area contributed by atoms with E-state index >= 15 is 0 Å². The van der Waals surface area contributed by atoms with Crippen LogP contribution in [0.15, 0.2) is 53.3 Å². The van der Waals surface area contributed by atoms with Crippen molar-refractivity contribution in [1.82, 2.24) is 9.88 Å². The molecule has 1 fully saturated rings. The van der Waals surface area contributed by atoms with E-state index < -0.39 is 0 Å². The van der Waals surface area contributed by atoms with Gasteiger partial charge in [0.1, 0.15) is 5.75 Å². The van der Waals surface area contributed by atoms with Gasteiger partial charge in [-0.05, 0) is 55.5 Å². The third-order valence-corrected chi connectivity index (χ3v) is 5.51. The fraction of sp³-hybridized carbons (Fsp3) is 0.333. The van der Waals surface area contributed by atoms with Crippen LogP contribution in [0.2, 0.25) is 0 Å². The van der Waals surface area contributed by atoms with Crippen LogP contribution in [0.1, 0.15) is 34.3 Å². The Bertz CT molecular complexity index is 1120. The molecule has 1 atom stereocenters. The number of nitrogens with zero attached hydrogens (tertiary/aromatic N) is 1. The number of rotatable bonds is 6. The summed E-state index contributed by atoms with van der Waals surface area (Å²) in [5, 5.41) is 0.950. The van der Waals surface area contributed by atoms with Crippen molar-refractivity contribution < 1.29 is 14.3 Å². The summed E-state index contributed by atoms with van der Waals surface area (Å²) in [4.78, 5) is 30.8. The number of hydrogen-bond acceptors (Lipinski definition) is 4. The SMILES string of the molecule is COc1ccccc1C(=O)N(Cc1cc2cc(C)ccc2[nH]c1=O)C[C@@H]1CCCO1. The highest BCUT2D eigenvalue weighted by Crippen LogP contribution is 2.23. The van der Waals surface area contributed by atoms with Gasteiger partial charge < -0.3 is 19.4 Å². The Balaban J connectivity index is 1.69. The van der Waals surface area contributed by atoms with E-state index in [4.69, 9.17) is 9.47 Å². The summed E-state index contributed by atoms with van der Waals surface area (Å²) in [5.74, 6) is 0.342. The molecule has 1 amide bonds. The second-order valence-electron chi connectivity index (χ2n) is 7.74. The topological polar surface area (TPSA) is 71.6 Å². The molecule has 6 heteroatoms. The van der Waals surface area contributed by atoms with Crippen LogP contribution in [0.4, 0.5) is 0 Å². The van der Waals surface area contributed by atoms with Crippen LogP contribution in [-0.2, 0) is 11.3 Å². The van der Waals surface area contributed by atoms with Gasteiger partial charge in [-0.15, -0.1) is 0 Å². The van der Waals surface area contributed by atoms with E-state index in [0.717, 1.165) is 29.3 Å².